The standard InChI is InChI=1S/C19H12F6P/c20-18(21,22)13-5-9-16(10-6-13)26(15-3-1-2-4-15)17-11-7-14(8-12-17)19(23,24)25/h1-12H. The highest BCUT2D eigenvalue weighted by Gasteiger charge is 2.34. The molecule has 1 saturated carbocycles. The summed E-state index contributed by atoms with van der Waals surface area (Å²) in [7, 11) is -1.24. The molecule has 2 aromatic carbocycles. The average molecular weight is 385 g/mol. The van der Waals surface area contributed by atoms with E-state index in [0.717, 1.165) is 29.9 Å². The van der Waals surface area contributed by atoms with Crippen molar-refractivity contribution in [3.8, 4) is 0 Å². The minimum absolute atomic E-state index is 0.638. The van der Waals surface area contributed by atoms with Crippen molar-refractivity contribution in [1.82, 2.24) is 0 Å². The molecule has 0 saturated heterocycles. The molecule has 0 unspecified atom stereocenters. The van der Waals surface area contributed by atoms with Gasteiger partial charge in [0.15, 0.2) is 0 Å². The fourth-order valence-corrected chi connectivity index (χ4v) is 4.82. The van der Waals surface area contributed by atoms with Gasteiger partial charge in [-0.3, -0.25) is 0 Å². The van der Waals surface area contributed by atoms with Crippen LogP contribution in [0, 0.1) is 31.3 Å². The van der Waals surface area contributed by atoms with E-state index in [1.54, 1.807) is 12.8 Å². The molecule has 0 aliphatic heterocycles. The fourth-order valence-electron chi connectivity index (χ4n) is 2.56. The molecule has 0 nitrogen and oxygen atoms in total. The number of hydrogen-bond donors (Lipinski definition) is 0. The van der Waals surface area contributed by atoms with E-state index >= 15 is 0 Å². The van der Waals surface area contributed by atoms with E-state index in [9.17, 15) is 26.3 Å². The third-order valence-corrected chi connectivity index (χ3v) is 6.25. The van der Waals surface area contributed by atoms with Crippen LogP contribution in [0.5, 0.6) is 0 Å². The molecule has 1 fully saturated rings. The van der Waals surface area contributed by atoms with Crippen molar-refractivity contribution in [2.75, 3.05) is 0 Å². The Morgan fingerprint density at radius 1 is 0.538 bits per heavy atom. The van der Waals surface area contributed by atoms with E-state index in [1.807, 2.05) is 12.8 Å². The van der Waals surface area contributed by atoms with Crippen LogP contribution < -0.4 is 10.6 Å². The second-order valence-corrected chi connectivity index (χ2v) is 7.79. The largest absolute Gasteiger partial charge is 0.416 e. The summed E-state index contributed by atoms with van der Waals surface area (Å²) in [6, 6.07) is 9.54. The van der Waals surface area contributed by atoms with Crippen molar-refractivity contribution < 1.29 is 26.3 Å². The number of halogens is 6. The molecule has 0 atom stereocenters. The zero-order valence-electron chi connectivity index (χ0n) is 13.1. The first-order valence-electron chi connectivity index (χ1n) is 7.52. The summed E-state index contributed by atoms with van der Waals surface area (Å²) >= 11 is 0. The highest BCUT2D eigenvalue weighted by molar-refractivity contribution is 7.76. The highest BCUT2D eigenvalue weighted by Crippen LogP contribution is 2.52. The number of rotatable bonds is 3. The van der Waals surface area contributed by atoms with Crippen molar-refractivity contribution in [2.24, 2.45) is 0 Å². The summed E-state index contributed by atoms with van der Waals surface area (Å²) < 4.78 is 76.6. The van der Waals surface area contributed by atoms with Crippen LogP contribution >= 0.6 is 7.92 Å². The van der Waals surface area contributed by atoms with Gasteiger partial charge in [0.25, 0.3) is 0 Å². The van der Waals surface area contributed by atoms with E-state index < -0.39 is 31.4 Å². The van der Waals surface area contributed by atoms with E-state index in [0.29, 0.717) is 10.6 Å². The van der Waals surface area contributed by atoms with Crippen LogP contribution in [0.4, 0.5) is 26.3 Å². The van der Waals surface area contributed by atoms with Gasteiger partial charge in [-0.1, -0.05) is 24.3 Å². The van der Waals surface area contributed by atoms with Gasteiger partial charge in [0, 0.05) is 5.66 Å². The Morgan fingerprint density at radius 2 is 0.885 bits per heavy atom. The summed E-state index contributed by atoms with van der Waals surface area (Å²) in [5, 5.41) is 1.28. The smallest absolute Gasteiger partial charge is 0.166 e. The Kier molecular flexibility index (Phi) is 5.34. The monoisotopic (exact) mass is 385 g/mol. The zero-order valence-corrected chi connectivity index (χ0v) is 14.0. The molecule has 3 rings (SSSR count). The van der Waals surface area contributed by atoms with Gasteiger partial charge in [-0.2, -0.15) is 26.3 Å². The molecular formula is C19H12F6P. The van der Waals surface area contributed by atoms with Gasteiger partial charge in [-0.05, 0) is 68.5 Å². The maximum atomic E-state index is 12.8. The van der Waals surface area contributed by atoms with Crippen LogP contribution in [-0.4, -0.2) is 0 Å². The molecule has 0 amide bonds. The molecule has 0 bridgehead atoms. The molecule has 2 aromatic rings. The number of alkyl halides is 6. The molecule has 7 heteroatoms. The van der Waals surface area contributed by atoms with Crippen LogP contribution in [0.15, 0.2) is 48.5 Å². The van der Waals surface area contributed by atoms with Gasteiger partial charge in [0.1, 0.15) is 0 Å². The number of benzene rings is 2. The Morgan fingerprint density at radius 3 is 1.19 bits per heavy atom. The lowest BCUT2D eigenvalue weighted by molar-refractivity contribution is -0.138. The SMILES string of the molecule is FC(F)(F)c1ccc(P([C]2[CH][CH][CH][CH]2)c2ccc(C(F)(F)F)cc2)cc1. The first kappa shape index (κ1) is 19.2. The third-order valence-electron chi connectivity index (χ3n) is 3.81. The maximum absolute atomic E-state index is 12.8. The molecular weight excluding hydrogens is 373 g/mol. The maximum Gasteiger partial charge on any atom is 0.416 e. The van der Waals surface area contributed by atoms with Gasteiger partial charge in [0.05, 0.1) is 11.1 Å². The Balaban J connectivity index is 1.95. The first-order chi connectivity index (χ1) is 12.2. The van der Waals surface area contributed by atoms with E-state index in [2.05, 4.69) is 0 Å². The number of hydrogen-bond acceptors (Lipinski definition) is 0. The molecule has 0 N–H and O–H groups in total. The Bertz CT molecular complexity index is 667. The van der Waals surface area contributed by atoms with Crippen molar-refractivity contribution in [3.05, 3.63) is 91.0 Å². The highest BCUT2D eigenvalue weighted by atomic mass is 31.1. The Hall–Kier alpha value is -1.55. The van der Waals surface area contributed by atoms with Gasteiger partial charge >= 0.3 is 12.4 Å². The second kappa shape index (κ2) is 7.22. The molecule has 135 valence electrons. The minimum atomic E-state index is -4.43. The van der Waals surface area contributed by atoms with Gasteiger partial charge in [-0.15, -0.1) is 0 Å². The van der Waals surface area contributed by atoms with Crippen LogP contribution in [-0.2, 0) is 12.4 Å². The van der Waals surface area contributed by atoms with Crippen molar-refractivity contribution in [3.63, 3.8) is 0 Å². The first-order valence-corrected chi connectivity index (χ1v) is 8.87. The lowest BCUT2D eigenvalue weighted by Gasteiger charge is -2.25. The van der Waals surface area contributed by atoms with Gasteiger partial charge < -0.3 is 0 Å². The summed E-state index contributed by atoms with van der Waals surface area (Å²) in [4.78, 5) is 0. The Labute approximate surface area is 149 Å². The summed E-state index contributed by atoms with van der Waals surface area (Å²) in [6.07, 6.45) is -1.65. The second-order valence-electron chi connectivity index (χ2n) is 5.57. The van der Waals surface area contributed by atoms with Gasteiger partial charge in [0.2, 0.25) is 0 Å². The minimum Gasteiger partial charge on any atom is -0.166 e. The van der Waals surface area contributed by atoms with Gasteiger partial charge in [-0.25, -0.2) is 0 Å². The molecule has 26 heavy (non-hydrogen) atoms. The predicted molar refractivity (Wildman–Crippen MR) is 89.5 cm³/mol. The lowest BCUT2D eigenvalue weighted by atomic mass is 10.2. The molecule has 1 aliphatic rings. The molecule has 1 aliphatic carbocycles. The zero-order chi connectivity index (χ0) is 18.9. The summed E-state index contributed by atoms with van der Waals surface area (Å²) in [5.74, 6) is 0. The van der Waals surface area contributed by atoms with Crippen LogP contribution in [0.3, 0.4) is 0 Å². The lowest BCUT2D eigenvalue weighted by Crippen LogP contribution is -2.18. The topological polar surface area (TPSA) is 0 Å². The van der Waals surface area contributed by atoms with E-state index in [1.165, 1.54) is 24.3 Å². The van der Waals surface area contributed by atoms with E-state index in [-0.39, 0.29) is 0 Å². The van der Waals surface area contributed by atoms with Crippen LogP contribution in [0.1, 0.15) is 11.1 Å². The van der Waals surface area contributed by atoms with Crippen molar-refractivity contribution in [1.29, 1.82) is 0 Å². The van der Waals surface area contributed by atoms with E-state index in [4.69, 9.17) is 0 Å². The average Bonchev–Trinajstić information content (AvgIpc) is 3.08. The molecule has 0 heterocycles. The summed E-state index contributed by atoms with van der Waals surface area (Å²) in [5.41, 5.74) is -0.656. The predicted octanol–water partition coefficient (Wildman–Crippen LogP) is 5.52. The van der Waals surface area contributed by atoms with Crippen LogP contribution in [0.2, 0.25) is 0 Å². The molecule has 5 radical (unpaired) electrons. The van der Waals surface area contributed by atoms with Crippen molar-refractivity contribution in [2.45, 2.75) is 12.4 Å². The van der Waals surface area contributed by atoms with Crippen LogP contribution in [0.25, 0.3) is 0 Å². The molecule has 0 spiro atoms. The summed E-state index contributed by atoms with van der Waals surface area (Å²) in [6.45, 7) is 0. The molecule has 0 aromatic heterocycles. The third kappa shape index (κ3) is 4.22. The quantitative estimate of drug-likeness (QED) is 0.482. The fraction of sp³-hybridized carbons (Fsp3) is 0.105. The van der Waals surface area contributed by atoms with Crippen molar-refractivity contribution >= 4 is 18.5 Å². The normalized spacial score (nSPS) is 16.4.